The Morgan fingerprint density at radius 1 is 1.17 bits per heavy atom. The summed E-state index contributed by atoms with van der Waals surface area (Å²) in [5.74, 6) is -5.61. The van der Waals surface area contributed by atoms with Gasteiger partial charge in [0.1, 0.15) is 11.3 Å². The second kappa shape index (κ2) is 8.66. The van der Waals surface area contributed by atoms with Crippen LogP contribution in [0, 0.1) is 24.4 Å². The van der Waals surface area contributed by atoms with Crippen LogP contribution < -0.4 is 10.1 Å². The van der Waals surface area contributed by atoms with E-state index in [1.807, 2.05) is 0 Å². The number of nitrogens with one attached hydrogen (secondary N) is 1. The molecule has 3 rings (SSSR count). The molecule has 6 nitrogen and oxygen atoms in total. The number of nitrogens with zero attached hydrogens (tertiary/aromatic N) is 1. The first kappa shape index (κ1) is 20.9. The Bertz CT molecular complexity index is 1110. The Labute approximate surface area is 171 Å². The molecule has 0 atom stereocenters. The highest BCUT2D eigenvalue weighted by molar-refractivity contribution is 7.22. The van der Waals surface area contributed by atoms with E-state index in [-0.39, 0.29) is 9.83 Å². The second-order valence-electron chi connectivity index (χ2n) is 5.76. The third-order valence-corrected chi connectivity index (χ3v) is 4.96. The zero-order chi connectivity index (χ0) is 21.1. The lowest BCUT2D eigenvalue weighted by atomic mass is 10.2. The third-order valence-electron chi connectivity index (χ3n) is 3.62. The lowest BCUT2D eigenvalue weighted by molar-refractivity contribution is -0.149. The van der Waals surface area contributed by atoms with E-state index in [9.17, 15) is 22.8 Å². The predicted molar refractivity (Wildman–Crippen MR) is 101 cm³/mol. The molecule has 2 aromatic carbocycles. The fraction of sp³-hybridized carbons (Fsp3) is 0.167. The number of rotatable bonds is 6. The number of ether oxygens (including phenoxy) is 2. The summed E-state index contributed by atoms with van der Waals surface area (Å²) in [6, 6.07) is 5.61. The van der Waals surface area contributed by atoms with Gasteiger partial charge in [0.25, 0.3) is 5.91 Å². The Hall–Kier alpha value is -2.85. The van der Waals surface area contributed by atoms with E-state index in [1.54, 1.807) is 25.1 Å². The minimum Gasteiger partial charge on any atom is -0.482 e. The molecule has 0 saturated carbocycles. The van der Waals surface area contributed by atoms with E-state index in [0.29, 0.717) is 10.8 Å². The second-order valence-corrected chi connectivity index (χ2v) is 7.20. The number of hydrogen-bond acceptors (Lipinski definition) is 6. The van der Waals surface area contributed by atoms with Crippen molar-refractivity contribution in [3.05, 3.63) is 52.3 Å². The number of aryl methyl sites for hydroxylation is 1. The van der Waals surface area contributed by atoms with Gasteiger partial charge in [-0.1, -0.05) is 22.9 Å². The molecule has 1 N–H and O–H groups in total. The molecule has 0 saturated heterocycles. The average molecular weight is 445 g/mol. The monoisotopic (exact) mass is 444 g/mol. The standard InChI is InChI=1S/C18H12ClF3N2O4S/c1-8-4-9(2-3-10(8)19)27-7-14(26)28-6-13(25)23-18-24-17-12(29-18)5-11(20)15(21)16(17)22/h2-5H,6-7H2,1H3,(H,23,24,25). The fourth-order valence-corrected chi connectivity index (χ4v) is 3.24. The molecular weight excluding hydrogens is 433 g/mol. The van der Waals surface area contributed by atoms with Gasteiger partial charge in [-0.15, -0.1) is 0 Å². The predicted octanol–water partition coefficient (Wildman–Crippen LogP) is 4.24. The molecule has 152 valence electrons. The number of anilines is 1. The van der Waals surface area contributed by atoms with Crippen LogP contribution >= 0.6 is 22.9 Å². The van der Waals surface area contributed by atoms with E-state index in [1.165, 1.54) is 0 Å². The summed E-state index contributed by atoms with van der Waals surface area (Å²) >= 11 is 6.63. The van der Waals surface area contributed by atoms with Crippen LogP contribution in [-0.4, -0.2) is 30.1 Å². The van der Waals surface area contributed by atoms with E-state index in [2.05, 4.69) is 10.3 Å². The third kappa shape index (κ3) is 4.96. The van der Waals surface area contributed by atoms with Crippen molar-refractivity contribution in [1.29, 1.82) is 0 Å². The number of carbonyl (C=O) groups excluding carboxylic acids is 2. The summed E-state index contributed by atoms with van der Waals surface area (Å²) in [4.78, 5) is 27.2. The molecule has 0 aliphatic carbocycles. The summed E-state index contributed by atoms with van der Waals surface area (Å²) < 4.78 is 50.1. The maximum Gasteiger partial charge on any atom is 0.344 e. The van der Waals surface area contributed by atoms with Crippen molar-refractivity contribution in [2.45, 2.75) is 6.92 Å². The maximum absolute atomic E-state index is 13.7. The molecular formula is C18H12ClF3N2O4S. The van der Waals surface area contributed by atoms with Gasteiger partial charge in [-0.2, -0.15) is 0 Å². The summed E-state index contributed by atoms with van der Waals surface area (Å²) in [5.41, 5.74) is 0.358. The minimum atomic E-state index is -1.65. The van der Waals surface area contributed by atoms with Gasteiger partial charge in [-0.05, 0) is 36.8 Å². The van der Waals surface area contributed by atoms with Gasteiger partial charge >= 0.3 is 5.97 Å². The van der Waals surface area contributed by atoms with Crippen LogP contribution in [0.25, 0.3) is 10.2 Å². The molecule has 29 heavy (non-hydrogen) atoms. The average Bonchev–Trinajstić information content (AvgIpc) is 3.07. The van der Waals surface area contributed by atoms with E-state index >= 15 is 0 Å². The molecule has 0 unspecified atom stereocenters. The number of carbonyl (C=O) groups is 2. The quantitative estimate of drug-likeness (QED) is 0.454. The lowest BCUT2D eigenvalue weighted by Gasteiger charge is -2.08. The topological polar surface area (TPSA) is 77.5 Å². The van der Waals surface area contributed by atoms with Crippen LogP contribution in [0.2, 0.25) is 5.02 Å². The summed E-state index contributed by atoms with van der Waals surface area (Å²) in [6.45, 7) is 0.691. The van der Waals surface area contributed by atoms with Gasteiger partial charge < -0.3 is 9.47 Å². The van der Waals surface area contributed by atoms with Crippen LogP contribution in [0.3, 0.4) is 0 Å². The van der Waals surface area contributed by atoms with Crippen LogP contribution in [0.1, 0.15) is 5.56 Å². The van der Waals surface area contributed by atoms with E-state index in [4.69, 9.17) is 21.1 Å². The number of hydrogen-bond donors (Lipinski definition) is 1. The summed E-state index contributed by atoms with van der Waals surface area (Å²) in [7, 11) is 0. The van der Waals surface area contributed by atoms with Gasteiger partial charge in [0.15, 0.2) is 35.8 Å². The first-order valence-electron chi connectivity index (χ1n) is 8.03. The smallest absolute Gasteiger partial charge is 0.344 e. The van der Waals surface area contributed by atoms with Crippen molar-refractivity contribution < 1.29 is 32.2 Å². The van der Waals surface area contributed by atoms with Crippen LogP contribution in [-0.2, 0) is 14.3 Å². The Kier molecular flexibility index (Phi) is 6.23. The van der Waals surface area contributed by atoms with Gasteiger partial charge in [0.05, 0.1) is 4.70 Å². The van der Waals surface area contributed by atoms with Gasteiger partial charge in [-0.25, -0.2) is 22.9 Å². The SMILES string of the molecule is Cc1cc(OCC(=O)OCC(=O)Nc2nc3c(F)c(F)c(F)cc3s2)ccc1Cl. The molecule has 0 aliphatic rings. The molecule has 0 radical (unpaired) electrons. The van der Waals surface area contributed by atoms with Crippen molar-refractivity contribution in [3.63, 3.8) is 0 Å². The number of amides is 1. The van der Waals surface area contributed by atoms with E-state index < -0.39 is 48.1 Å². The minimum absolute atomic E-state index is 0.0142. The van der Waals surface area contributed by atoms with Gasteiger partial charge in [0.2, 0.25) is 0 Å². The molecule has 1 amide bonds. The fourth-order valence-electron chi connectivity index (χ4n) is 2.22. The van der Waals surface area contributed by atoms with E-state index in [0.717, 1.165) is 23.0 Å². The number of fused-ring (bicyclic) bond motifs is 1. The zero-order valence-electron chi connectivity index (χ0n) is 14.7. The summed E-state index contributed by atoms with van der Waals surface area (Å²) in [6.07, 6.45) is 0. The highest BCUT2D eigenvalue weighted by Crippen LogP contribution is 2.30. The van der Waals surface area contributed by atoms with Crippen molar-refractivity contribution in [2.24, 2.45) is 0 Å². The summed E-state index contributed by atoms with van der Waals surface area (Å²) in [5, 5.41) is 2.72. The highest BCUT2D eigenvalue weighted by atomic mass is 35.5. The number of esters is 1. The number of aromatic nitrogens is 1. The van der Waals surface area contributed by atoms with Crippen molar-refractivity contribution in [3.8, 4) is 5.75 Å². The van der Waals surface area contributed by atoms with Crippen LogP contribution in [0.5, 0.6) is 5.75 Å². The Morgan fingerprint density at radius 2 is 1.93 bits per heavy atom. The zero-order valence-corrected chi connectivity index (χ0v) is 16.3. The molecule has 11 heteroatoms. The van der Waals surface area contributed by atoms with Crippen LogP contribution in [0.15, 0.2) is 24.3 Å². The molecule has 3 aromatic rings. The molecule has 0 aliphatic heterocycles. The first-order chi connectivity index (χ1) is 13.7. The highest BCUT2D eigenvalue weighted by Gasteiger charge is 2.18. The normalized spacial score (nSPS) is 10.8. The van der Waals surface area contributed by atoms with Crippen LogP contribution in [0.4, 0.5) is 18.3 Å². The Morgan fingerprint density at radius 3 is 2.66 bits per heavy atom. The number of benzene rings is 2. The first-order valence-corrected chi connectivity index (χ1v) is 9.22. The number of halogens is 4. The molecule has 0 bridgehead atoms. The number of thiazole rings is 1. The molecule has 1 heterocycles. The van der Waals surface area contributed by atoms with Gasteiger partial charge in [0, 0.05) is 5.02 Å². The molecule has 1 aromatic heterocycles. The largest absolute Gasteiger partial charge is 0.482 e. The van der Waals surface area contributed by atoms with Crippen molar-refractivity contribution in [1.82, 2.24) is 4.98 Å². The van der Waals surface area contributed by atoms with Crippen molar-refractivity contribution >= 4 is 50.2 Å². The molecule has 0 fully saturated rings. The Balaban J connectivity index is 1.51. The van der Waals surface area contributed by atoms with Gasteiger partial charge in [-0.3, -0.25) is 10.1 Å². The lowest BCUT2D eigenvalue weighted by Crippen LogP contribution is -2.23. The maximum atomic E-state index is 13.7. The van der Waals surface area contributed by atoms with Crippen molar-refractivity contribution in [2.75, 3.05) is 18.5 Å². The molecule has 0 spiro atoms.